The summed E-state index contributed by atoms with van der Waals surface area (Å²) in [5.74, 6) is -0.945. The van der Waals surface area contributed by atoms with Crippen LogP contribution < -0.4 is 0 Å². The number of benzene rings is 1. The van der Waals surface area contributed by atoms with Crippen molar-refractivity contribution in [2.75, 3.05) is 19.3 Å². The van der Waals surface area contributed by atoms with Gasteiger partial charge in [-0.1, -0.05) is 13.8 Å². The van der Waals surface area contributed by atoms with E-state index in [1.165, 1.54) is 4.31 Å². The third-order valence-electron chi connectivity index (χ3n) is 2.89. The van der Waals surface area contributed by atoms with Gasteiger partial charge in [0.1, 0.15) is 10.7 Å². The molecule has 0 bridgehead atoms. The number of sulfonamides is 1. The molecule has 0 N–H and O–H groups in total. The SMILES string of the molecule is CCCN(CCC)S(=O)(=O)c1cc(S(C)(=O)=O)ccc1F. The Morgan fingerprint density at radius 1 is 1.05 bits per heavy atom. The van der Waals surface area contributed by atoms with Crippen LogP contribution in [-0.4, -0.2) is 40.5 Å². The van der Waals surface area contributed by atoms with Gasteiger partial charge in [0.2, 0.25) is 10.0 Å². The van der Waals surface area contributed by atoms with E-state index in [9.17, 15) is 21.2 Å². The van der Waals surface area contributed by atoms with Crippen molar-refractivity contribution in [3.05, 3.63) is 24.0 Å². The van der Waals surface area contributed by atoms with Crippen LogP contribution >= 0.6 is 0 Å². The van der Waals surface area contributed by atoms with Gasteiger partial charge in [-0.15, -0.1) is 0 Å². The zero-order chi connectivity index (χ0) is 16.3. The monoisotopic (exact) mass is 337 g/mol. The Kier molecular flexibility index (Phi) is 5.89. The number of nitrogens with zero attached hydrogens (tertiary/aromatic N) is 1. The van der Waals surface area contributed by atoms with Gasteiger partial charge in [0.25, 0.3) is 0 Å². The first-order chi connectivity index (χ1) is 9.64. The van der Waals surface area contributed by atoms with Crippen molar-refractivity contribution in [3.8, 4) is 0 Å². The van der Waals surface area contributed by atoms with Crippen molar-refractivity contribution < 1.29 is 21.2 Å². The molecule has 21 heavy (non-hydrogen) atoms. The first-order valence-corrected chi connectivity index (χ1v) is 9.97. The van der Waals surface area contributed by atoms with E-state index in [1.54, 1.807) is 0 Å². The lowest BCUT2D eigenvalue weighted by Crippen LogP contribution is -2.33. The summed E-state index contributed by atoms with van der Waals surface area (Å²) in [7, 11) is -7.65. The van der Waals surface area contributed by atoms with Crippen LogP contribution in [0.2, 0.25) is 0 Å². The van der Waals surface area contributed by atoms with Crippen LogP contribution in [0.15, 0.2) is 28.0 Å². The molecular formula is C13H20FNO4S2. The van der Waals surface area contributed by atoms with E-state index in [0.717, 1.165) is 24.5 Å². The van der Waals surface area contributed by atoms with Crippen LogP contribution in [0.3, 0.4) is 0 Å². The summed E-state index contributed by atoms with van der Waals surface area (Å²) in [6, 6.07) is 2.82. The average molecular weight is 337 g/mol. The molecule has 0 aliphatic carbocycles. The lowest BCUT2D eigenvalue weighted by Gasteiger charge is -2.21. The molecule has 0 saturated heterocycles. The highest BCUT2D eigenvalue weighted by Gasteiger charge is 2.27. The van der Waals surface area contributed by atoms with E-state index in [0.29, 0.717) is 12.8 Å². The fourth-order valence-corrected chi connectivity index (χ4v) is 4.34. The van der Waals surface area contributed by atoms with Crippen molar-refractivity contribution in [1.29, 1.82) is 0 Å². The zero-order valence-corrected chi connectivity index (χ0v) is 14.0. The third kappa shape index (κ3) is 4.24. The molecule has 0 amide bonds. The van der Waals surface area contributed by atoms with Gasteiger partial charge in [0.15, 0.2) is 9.84 Å². The number of hydrogen-bond acceptors (Lipinski definition) is 4. The minimum absolute atomic E-state index is 0.213. The summed E-state index contributed by atoms with van der Waals surface area (Å²) in [5, 5.41) is 0. The predicted molar refractivity (Wildman–Crippen MR) is 78.9 cm³/mol. The zero-order valence-electron chi connectivity index (χ0n) is 12.3. The molecule has 0 heterocycles. The second-order valence-corrected chi connectivity index (χ2v) is 8.69. The summed E-state index contributed by atoms with van der Waals surface area (Å²) >= 11 is 0. The quantitative estimate of drug-likeness (QED) is 0.714. The van der Waals surface area contributed by atoms with Crippen LogP contribution in [0, 0.1) is 5.82 Å². The van der Waals surface area contributed by atoms with E-state index in [4.69, 9.17) is 0 Å². The van der Waals surface area contributed by atoms with Gasteiger partial charge in [-0.05, 0) is 31.0 Å². The van der Waals surface area contributed by atoms with Gasteiger partial charge >= 0.3 is 0 Å². The van der Waals surface area contributed by atoms with Gasteiger partial charge < -0.3 is 0 Å². The van der Waals surface area contributed by atoms with Gasteiger partial charge in [-0.2, -0.15) is 4.31 Å². The van der Waals surface area contributed by atoms with Gasteiger partial charge in [0.05, 0.1) is 4.90 Å². The van der Waals surface area contributed by atoms with Crippen LogP contribution in [-0.2, 0) is 19.9 Å². The first kappa shape index (κ1) is 18.1. The smallest absolute Gasteiger partial charge is 0.224 e. The van der Waals surface area contributed by atoms with Crippen molar-refractivity contribution in [2.24, 2.45) is 0 Å². The highest BCUT2D eigenvalue weighted by atomic mass is 32.2. The second-order valence-electron chi connectivity index (χ2n) is 4.77. The number of sulfone groups is 1. The molecule has 0 spiro atoms. The summed E-state index contributed by atoms with van der Waals surface area (Å²) < 4.78 is 63.1. The Morgan fingerprint density at radius 3 is 2.00 bits per heavy atom. The third-order valence-corrected chi connectivity index (χ3v) is 5.92. The highest BCUT2D eigenvalue weighted by Crippen LogP contribution is 2.23. The molecule has 0 saturated carbocycles. The maximum atomic E-state index is 13.9. The van der Waals surface area contributed by atoms with E-state index in [-0.39, 0.29) is 18.0 Å². The Labute approximate surface area is 125 Å². The van der Waals surface area contributed by atoms with Crippen LogP contribution in [0.4, 0.5) is 4.39 Å². The number of rotatable bonds is 7. The maximum absolute atomic E-state index is 13.9. The van der Waals surface area contributed by atoms with Crippen LogP contribution in [0.5, 0.6) is 0 Å². The molecule has 5 nitrogen and oxygen atoms in total. The normalized spacial score (nSPS) is 12.8. The standard InChI is InChI=1S/C13H20FNO4S2/c1-4-8-15(9-5-2)21(18,19)13-10-11(20(3,16)17)6-7-12(13)14/h6-7,10H,4-5,8-9H2,1-3H3. The van der Waals surface area contributed by atoms with E-state index >= 15 is 0 Å². The largest absolute Gasteiger partial charge is 0.246 e. The van der Waals surface area contributed by atoms with Gasteiger partial charge in [-0.25, -0.2) is 21.2 Å². The summed E-state index contributed by atoms with van der Waals surface area (Å²) in [5.41, 5.74) is 0. The van der Waals surface area contributed by atoms with E-state index < -0.39 is 30.6 Å². The number of hydrogen-bond donors (Lipinski definition) is 0. The molecular weight excluding hydrogens is 317 g/mol. The van der Waals surface area contributed by atoms with Gasteiger partial charge in [0, 0.05) is 19.3 Å². The Hall–Kier alpha value is -0.990. The van der Waals surface area contributed by atoms with E-state index in [1.807, 2.05) is 13.8 Å². The Bertz CT molecular complexity index is 693. The van der Waals surface area contributed by atoms with Crippen molar-refractivity contribution in [1.82, 2.24) is 4.31 Å². The highest BCUT2D eigenvalue weighted by molar-refractivity contribution is 7.91. The maximum Gasteiger partial charge on any atom is 0.246 e. The van der Waals surface area contributed by atoms with Crippen molar-refractivity contribution in [3.63, 3.8) is 0 Å². The molecule has 0 unspecified atom stereocenters. The average Bonchev–Trinajstić information content (AvgIpc) is 2.37. The van der Waals surface area contributed by atoms with Crippen molar-refractivity contribution in [2.45, 2.75) is 36.5 Å². The minimum atomic E-state index is -4.04. The molecule has 0 atom stereocenters. The van der Waals surface area contributed by atoms with Gasteiger partial charge in [-0.3, -0.25) is 0 Å². The fourth-order valence-electron chi connectivity index (χ4n) is 1.90. The topological polar surface area (TPSA) is 71.5 Å². The molecule has 120 valence electrons. The first-order valence-electron chi connectivity index (χ1n) is 6.64. The Balaban J connectivity index is 3.42. The molecule has 8 heteroatoms. The van der Waals surface area contributed by atoms with Crippen LogP contribution in [0.1, 0.15) is 26.7 Å². The minimum Gasteiger partial charge on any atom is -0.224 e. The molecule has 0 aromatic heterocycles. The fraction of sp³-hybridized carbons (Fsp3) is 0.538. The summed E-state index contributed by atoms with van der Waals surface area (Å²) in [4.78, 5) is -0.803. The molecule has 0 radical (unpaired) electrons. The molecule has 0 fully saturated rings. The molecule has 1 rings (SSSR count). The summed E-state index contributed by atoms with van der Waals surface area (Å²) in [6.45, 7) is 4.17. The van der Waals surface area contributed by atoms with Crippen molar-refractivity contribution >= 4 is 19.9 Å². The molecule has 0 aliphatic heterocycles. The molecule has 0 aliphatic rings. The predicted octanol–water partition coefficient (Wildman–Crippen LogP) is 2.04. The van der Waals surface area contributed by atoms with Crippen LogP contribution in [0.25, 0.3) is 0 Å². The second kappa shape index (κ2) is 6.85. The lowest BCUT2D eigenvalue weighted by atomic mass is 10.3. The summed E-state index contributed by atoms with van der Waals surface area (Å²) in [6.07, 6.45) is 2.13. The molecule has 1 aromatic rings. The Morgan fingerprint density at radius 2 is 1.57 bits per heavy atom. The lowest BCUT2D eigenvalue weighted by molar-refractivity contribution is 0.406. The number of halogens is 1. The van der Waals surface area contributed by atoms with E-state index in [2.05, 4.69) is 0 Å². The molecule has 1 aromatic carbocycles.